The van der Waals surface area contributed by atoms with Gasteiger partial charge in [0.15, 0.2) is 9.84 Å². The average Bonchev–Trinajstić information content (AvgIpc) is 2.70. The Bertz CT molecular complexity index is 335. The van der Waals surface area contributed by atoms with Gasteiger partial charge < -0.3 is 5.32 Å². The Kier molecular flexibility index (Phi) is 2.76. The highest BCUT2D eigenvalue weighted by Crippen LogP contribution is 2.17. The van der Waals surface area contributed by atoms with Crippen molar-refractivity contribution in [2.45, 2.75) is 19.3 Å². The lowest BCUT2D eigenvalue weighted by Crippen LogP contribution is -2.28. The van der Waals surface area contributed by atoms with Gasteiger partial charge in [0.25, 0.3) is 0 Å². The average molecular weight is 216 g/mol. The molecule has 2 aliphatic rings. The fourth-order valence-electron chi connectivity index (χ4n) is 1.98. The number of hydrogen-bond donors (Lipinski definition) is 1. The van der Waals surface area contributed by atoms with Crippen LogP contribution in [0.25, 0.3) is 0 Å². The first kappa shape index (κ1) is 9.96. The van der Waals surface area contributed by atoms with Crippen LogP contribution >= 0.6 is 0 Å². The molecule has 80 valence electrons. The van der Waals surface area contributed by atoms with Crippen LogP contribution in [0.2, 0.25) is 0 Å². The molecule has 0 saturated carbocycles. The van der Waals surface area contributed by atoms with Crippen molar-refractivity contribution in [1.82, 2.24) is 5.32 Å². The van der Waals surface area contributed by atoms with E-state index in [4.69, 9.17) is 0 Å². The molecule has 0 radical (unpaired) electrons. The van der Waals surface area contributed by atoms with Crippen molar-refractivity contribution in [2.24, 2.45) is 10.9 Å². The fourth-order valence-corrected chi connectivity index (χ4v) is 3.84. The van der Waals surface area contributed by atoms with Crippen LogP contribution in [-0.4, -0.2) is 38.8 Å². The Labute approximate surface area is 84.7 Å². The molecule has 2 aliphatic heterocycles. The molecule has 0 aromatic carbocycles. The summed E-state index contributed by atoms with van der Waals surface area (Å²) in [5, 5.41) is 3.25. The van der Waals surface area contributed by atoms with Gasteiger partial charge in [0, 0.05) is 19.5 Å². The molecule has 4 nitrogen and oxygen atoms in total. The number of hydrogen-bond acceptors (Lipinski definition) is 4. The molecule has 1 N–H and O–H groups in total. The van der Waals surface area contributed by atoms with Gasteiger partial charge in [-0.05, 0) is 18.8 Å². The maximum absolute atomic E-state index is 11.2. The molecule has 1 fully saturated rings. The zero-order valence-electron chi connectivity index (χ0n) is 8.20. The third-order valence-electron chi connectivity index (χ3n) is 2.80. The zero-order valence-corrected chi connectivity index (χ0v) is 9.02. The monoisotopic (exact) mass is 216 g/mol. The lowest BCUT2D eigenvalue weighted by atomic mass is 10.1. The molecular formula is C9H16N2O2S. The molecule has 14 heavy (non-hydrogen) atoms. The lowest BCUT2D eigenvalue weighted by molar-refractivity contribution is 0.571. The van der Waals surface area contributed by atoms with E-state index in [0.717, 1.165) is 38.2 Å². The number of sulfone groups is 1. The number of aliphatic imine (C=N–C) groups is 1. The van der Waals surface area contributed by atoms with Gasteiger partial charge in [-0.25, -0.2) is 8.42 Å². The van der Waals surface area contributed by atoms with E-state index in [1.165, 1.54) is 0 Å². The normalized spacial score (nSPS) is 30.3. The predicted molar refractivity (Wildman–Crippen MR) is 56.3 cm³/mol. The van der Waals surface area contributed by atoms with E-state index in [1.807, 2.05) is 0 Å². The van der Waals surface area contributed by atoms with Crippen LogP contribution in [0.4, 0.5) is 0 Å². The van der Waals surface area contributed by atoms with Crippen molar-refractivity contribution in [3.05, 3.63) is 0 Å². The molecule has 1 saturated heterocycles. The molecule has 5 heteroatoms. The van der Waals surface area contributed by atoms with E-state index < -0.39 is 9.84 Å². The molecule has 1 atom stereocenters. The number of nitrogens with one attached hydrogen (secondary N) is 1. The summed E-state index contributed by atoms with van der Waals surface area (Å²) in [6, 6.07) is 0. The van der Waals surface area contributed by atoms with Crippen LogP contribution < -0.4 is 5.32 Å². The lowest BCUT2D eigenvalue weighted by Gasteiger charge is -2.09. The highest BCUT2D eigenvalue weighted by atomic mass is 32.2. The first-order valence-corrected chi connectivity index (χ1v) is 6.95. The molecular weight excluding hydrogens is 200 g/mol. The summed E-state index contributed by atoms with van der Waals surface area (Å²) in [5.41, 5.74) is 0. The second-order valence-corrected chi connectivity index (χ2v) is 6.31. The van der Waals surface area contributed by atoms with Crippen LogP contribution in [0.5, 0.6) is 0 Å². The molecule has 0 spiro atoms. The number of rotatable bonds is 2. The van der Waals surface area contributed by atoms with Crippen molar-refractivity contribution < 1.29 is 8.42 Å². The minimum absolute atomic E-state index is 0.295. The van der Waals surface area contributed by atoms with E-state index in [-0.39, 0.29) is 0 Å². The zero-order chi connectivity index (χ0) is 10.0. The Morgan fingerprint density at radius 2 is 2.36 bits per heavy atom. The van der Waals surface area contributed by atoms with E-state index in [1.54, 1.807) is 0 Å². The summed E-state index contributed by atoms with van der Waals surface area (Å²) < 4.78 is 22.4. The first-order valence-electron chi connectivity index (χ1n) is 5.13. The van der Waals surface area contributed by atoms with Crippen LogP contribution in [0, 0.1) is 5.92 Å². The quantitative estimate of drug-likeness (QED) is 0.717. The van der Waals surface area contributed by atoms with Crippen molar-refractivity contribution in [2.75, 3.05) is 24.6 Å². The van der Waals surface area contributed by atoms with E-state index in [2.05, 4.69) is 10.3 Å². The molecule has 0 aromatic heterocycles. The van der Waals surface area contributed by atoms with Gasteiger partial charge in [-0.2, -0.15) is 0 Å². The van der Waals surface area contributed by atoms with Gasteiger partial charge in [0.2, 0.25) is 0 Å². The van der Waals surface area contributed by atoms with E-state index in [0.29, 0.717) is 17.4 Å². The Morgan fingerprint density at radius 1 is 1.50 bits per heavy atom. The fraction of sp³-hybridized carbons (Fsp3) is 0.889. The van der Waals surface area contributed by atoms with Crippen molar-refractivity contribution in [1.29, 1.82) is 0 Å². The summed E-state index contributed by atoms with van der Waals surface area (Å²) >= 11 is 0. The smallest absolute Gasteiger partial charge is 0.150 e. The topological polar surface area (TPSA) is 58.5 Å². The van der Waals surface area contributed by atoms with Crippen molar-refractivity contribution in [3.63, 3.8) is 0 Å². The van der Waals surface area contributed by atoms with E-state index >= 15 is 0 Å². The summed E-state index contributed by atoms with van der Waals surface area (Å²) in [5.74, 6) is 2.08. The Hall–Kier alpha value is -0.580. The summed E-state index contributed by atoms with van der Waals surface area (Å²) in [6.07, 6.45) is 2.97. The second kappa shape index (κ2) is 3.88. The molecule has 2 rings (SSSR count). The molecule has 1 unspecified atom stereocenters. The SMILES string of the molecule is O=S1(=O)CCC(CNC2=NCCC2)C1. The highest BCUT2D eigenvalue weighted by molar-refractivity contribution is 7.91. The van der Waals surface area contributed by atoms with Crippen LogP contribution in [0.1, 0.15) is 19.3 Å². The molecule has 0 bridgehead atoms. The standard InChI is InChI=1S/C9H16N2O2S/c12-14(13)5-3-8(7-14)6-11-9-2-1-4-10-9/h8H,1-7H2,(H,10,11). The third kappa shape index (κ3) is 2.47. The number of nitrogens with zero attached hydrogens (tertiary/aromatic N) is 1. The third-order valence-corrected chi connectivity index (χ3v) is 4.63. The molecule has 0 amide bonds. The van der Waals surface area contributed by atoms with Gasteiger partial charge in [0.05, 0.1) is 17.3 Å². The minimum Gasteiger partial charge on any atom is -0.374 e. The first-order chi connectivity index (χ1) is 6.66. The van der Waals surface area contributed by atoms with Crippen LogP contribution in [-0.2, 0) is 9.84 Å². The van der Waals surface area contributed by atoms with E-state index in [9.17, 15) is 8.42 Å². The maximum Gasteiger partial charge on any atom is 0.150 e. The van der Waals surface area contributed by atoms with Gasteiger partial charge >= 0.3 is 0 Å². The van der Waals surface area contributed by atoms with Gasteiger partial charge in [-0.1, -0.05) is 0 Å². The predicted octanol–water partition coefficient (Wildman–Crippen LogP) is 0.203. The van der Waals surface area contributed by atoms with Gasteiger partial charge in [0.1, 0.15) is 0 Å². The number of amidine groups is 1. The summed E-state index contributed by atoms with van der Waals surface area (Å²) in [6.45, 7) is 1.70. The highest BCUT2D eigenvalue weighted by Gasteiger charge is 2.27. The Morgan fingerprint density at radius 3 is 2.93 bits per heavy atom. The Balaban J connectivity index is 1.77. The van der Waals surface area contributed by atoms with Crippen molar-refractivity contribution in [3.8, 4) is 0 Å². The largest absolute Gasteiger partial charge is 0.374 e. The second-order valence-electron chi connectivity index (χ2n) is 4.08. The molecule has 0 aliphatic carbocycles. The van der Waals surface area contributed by atoms with Crippen LogP contribution in [0.15, 0.2) is 4.99 Å². The minimum atomic E-state index is -2.72. The summed E-state index contributed by atoms with van der Waals surface area (Å²) in [4.78, 5) is 4.29. The van der Waals surface area contributed by atoms with Gasteiger partial charge in [-0.3, -0.25) is 4.99 Å². The van der Waals surface area contributed by atoms with Crippen molar-refractivity contribution >= 4 is 15.7 Å². The molecule has 0 aromatic rings. The summed E-state index contributed by atoms with van der Waals surface area (Å²) in [7, 11) is -2.72. The maximum atomic E-state index is 11.2. The van der Waals surface area contributed by atoms with Gasteiger partial charge in [-0.15, -0.1) is 0 Å². The molecule has 2 heterocycles. The van der Waals surface area contributed by atoms with Crippen LogP contribution in [0.3, 0.4) is 0 Å².